The molecule has 25 heavy (non-hydrogen) atoms. The zero-order chi connectivity index (χ0) is 18.1. The largest absolute Gasteiger partial charge is 0.356 e. The van der Waals surface area contributed by atoms with Crippen molar-refractivity contribution in [2.45, 2.75) is 17.7 Å². The van der Waals surface area contributed by atoms with E-state index in [1.54, 1.807) is 48.7 Å². The molecule has 1 aromatic carbocycles. The number of aliphatic imine (C=N–C) groups is 1. The molecule has 0 bridgehead atoms. The Bertz CT molecular complexity index is 759. The van der Waals surface area contributed by atoms with Gasteiger partial charge in [0, 0.05) is 26.7 Å². The van der Waals surface area contributed by atoms with Crippen LogP contribution < -0.4 is 15.4 Å². The first-order chi connectivity index (χ1) is 12.0. The van der Waals surface area contributed by atoms with Gasteiger partial charge in [0.1, 0.15) is 0 Å². The lowest BCUT2D eigenvalue weighted by atomic mass is 10.1. The van der Waals surface area contributed by atoms with E-state index in [2.05, 4.69) is 44.1 Å². The van der Waals surface area contributed by atoms with E-state index >= 15 is 0 Å². The monoisotopic (exact) mass is 380 g/mol. The van der Waals surface area contributed by atoms with Gasteiger partial charge in [-0.05, 0) is 40.4 Å². The minimum Gasteiger partial charge on any atom is -0.356 e. The van der Waals surface area contributed by atoms with Crippen molar-refractivity contribution in [2.24, 2.45) is 4.99 Å². The SMILES string of the molecule is CN=C(NCCNS(=O)(=O)c1ccccc1)NCC(C)c1ccsc1. The van der Waals surface area contributed by atoms with Crippen LogP contribution >= 0.6 is 11.3 Å². The fourth-order valence-corrected chi connectivity index (χ4v) is 4.03. The zero-order valence-corrected chi connectivity index (χ0v) is 16.0. The van der Waals surface area contributed by atoms with Crippen LogP contribution in [-0.2, 0) is 10.0 Å². The molecule has 1 heterocycles. The summed E-state index contributed by atoms with van der Waals surface area (Å²) in [5.41, 5.74) is 1.29. The first-order valence-corrected chi connectivity index (χ1v) is 10.5. The normalized spacial score (nSPS) is 13.4. The van der Waals surface area contributed by atoms with Crippen LogP contribution in [0.2, 0.25) is 0 Å². The molecule has 1 unspecified atom stereocenters. The minimum absolute atomic E-state index is 0.266. The van der Waals surface area contributed by atoms with Crippen LogP contribution in [0.3, 0.4) is 0 Å². The molecule has 1 atom stereocenters. The molecule has 0 fully saturated rings. The Balaban J connectivity index is 1.72. The van der Waals surface area contributed by atoms with Crippen LogP contribution in [0.1, 0.15) is 18.4 Å². The molecular formula is C17H24N4O2S2. The summed E-state index contributed by atoms with van der Waals surface area (Å²) < 4.78 is 26.8. The number of rotatable bonds is 8. The molecule has 0 amide bonds. The fourth-order valence-electron chi connectivity index (χ4n) is 2.19. The van der Waals surface area contributed by atoms with Gasteiger partial charge in [0.15, 0.2) is 5.96 Å². The van der Waals surface area contributed by atoms with Gasteiger partial charge in [-0.25, -0.2) is 13.1 Å². The van der Waals surface area contributed by atoms with Gasteiger partial charge in [0.05, 0.1) is 4.90 Å². The third-order valence-corrected chi connectivity index (χ3v) is 5.85. The van der Waals surface area contributed by atoms with Crippen LogP contribution in [0.4, 0.5) is 0 Å². The molecule has 0 radical (unpaired) electrons. The number of guanidine groups is 1. The van der Waals surface area contributed by atoms with E-state index in [-0.39, 0.29) is 11.4 Å². The molecular weight excluding hydrogens is 356 g/mol. The second-order valence-electron chi connectivity index (χ2n) is 5.55. The van der Waals surface area contributed by atoms with Crippen molar-refractivity contribution in [3.05, 3.63) is 52.7 Å². The molecule has 0 saturated heterocycles. The third-order valence-electron chi connectivity index (χ3n) is 3.67. The molecule has 6 nitrogen and oxygen atoms in total. The second kappa shape index (κ2) is 9.55. The van der Waals surface area contributed by atoms with Crippen molar-refractivity contribution < 1.29 is 8.42 Å². The average molecular weight is 381 g/mol. The lowest BCUT2D eigenvalue weighted by Gasteiger charge is -2.15. The van der Waals surface area contributed by atoms with Gasteiger partial charge in [0.25, 0.3) is 0 Å². The highest BCUT2D eigenvalue weighted by Gasteiger charge is 2.12. The number of thiophene rings is 1. The van der Waals surface area contributed by atoms with E-state index in [0.29, 0.717) is 18.4 Å². The number of benzene rings is 1. The van der Waals surface area contributed by atoms with E-state index in [9.17, 15) is 8.42 Å². The van der Waals surface area contributed by atoms with Gasteiger partial charge in [0.2, 0.25) is 10.0 Å². The molecule has 0 spiro atoms. The number of nitrogens with one attached hydrogen (secondary N) is 3. The number of hydrogen-bond donors (Lipinski definition) is 3. The van der Waals surface area contributed by atoms with Gasteiger partial charge in [-0.15, -0.1) is 0 Å². The molecule has 136 valence electrons. The van der Waals surface area contributed by atoms with Crippen molar-refractivity contribution in [1.82, 2.24) is 15.4 Å². The van der Waals surface area contributed by atoms with Gasteiger partial charge in [-0.3, -0.25) is 4.99 Å². The molecule has 3 N–H and O–H groups in total. The lowest BCUT2D eigenvalue weighted by molar-refractivity contribution is 0.580. The molecule has 0 saturated carbocycles. The molecule has 8 heteroatoms. The van der Waals surface area contributed by atoms with Crippen molar-refractivity contribution in [1.29, 1.82) is 0 Å². The maximum absolute atomic E-state index is 12.1. The van der Waals surface area contributed by atoms with Crippen molar-refractivity contribution in [3.8, 4) is 0 Å². The Morgan fingerprint density at radius 3 is 2.56 bits per heavy atom. The van der Waals surface area contributed by atoms with Crippen LogP contribution in [0.5, 0.6) is 0 Å². The topological polar surface area (TPSA) is 82.6 Å². The van der Waals surface area contributed by atoms with Crippen LogP contribution in [0.25, 0.3) is 0 Å². The fraction of sp³-hybridized carbons (Fsp3) is 0.353. The number of hydrogen-bond acceptors (Lipinski definition) is 4. The average Bonchev–Trinajstić information content (AvgIpc) is 3.16. The minimum atomic E-state index is -3.47. The van der Waals surface area contributed by atoms with Gasteiger partial charge < -0.3 is 10.6 Å². The molecule has 1 aromatic heterocycles. The summed E-state index contributed by atoms with van der Waals surface area (Å²) in [6, 6.07) is 10.4. The van der Waals surface area contributed by atoms with Crippen LogP contribution in [-0.4, -0.2) is 41.1 Å². The van der Waals surface area contributed by atoms with E-state index in [4.69, 9.17) is 0 Å². The van der Waals surface area contributed by atoms with E-state index < -0.39 is 10.0 Å². The standard InChI is InChI=1S/C17H24N4O2S2/c1-14(15-8-11-24-13-15)12-20-17(18-2)19-9-10-21-25(22,23)16-6-4-3-5-7-16/h3-8,11,13-14,21H,9-10,12H2,1-2H3,(H2,18,19,20). The van der Waals surface area contributed by atoms with Gasteiger partial charge in [-0.1, -0.05) is 25.1 Å². The zero-order valence-electron chi connectivity index (χ0n) is 14.4. The summed E-state index contributed by atoms with van der Waals surface area (Å²) in [6.45, 7) is 3.62. The van der Waals surface area contributed by atoms with E-state index in [1.807, 2.05) is 0 Å². The predicted octanol–water partition coefficient (Wildman–Crippen LogP) is 2.00. The Hall–Kier alpha value is -1.90. The summed E-state index contributed by atoms with van der Waals surface area (Å²) in [4.78, 5) is 4.42. The molecule has 2 rings (SSSR count). The Morgan fingerprint density at radius 1 is 1.16 bits per heavy atom. The maximum atomic E-state index is 12.1. The lowest BCUT2D eigenvalue weighted by Crippen LogP contribution is -2.42. The Kier molecular flexibility index (Phi) is 7.42. The first-order valence-electron chi connectivity index (χ1n) is 8.04. The highest BCUT2D eigenvalue weighted by molar-refractivity contribution is 7.89. The molecule has 0 aliphatic rings. The van der Waals surface area contributed by atoms with E-state index in [0.717, 1.165) is 6.54 Å². The molecule has 0 aliphatic carbocycles. The number of nitrogens with zero attached hydrogens (tertiary/aromatic N) is 1. The van der Waals surface area contributed by atoms with Crippen molar-refractivity contribution in [3.63, 3.8) is 0 Å². The summed E-state index contributed by atoms with van der Waals surface area (Å²) in [6.07, 6.45) is 0. The summed E-state index contributed by atoms with van der Waals surface area (Å²) in [5.74, 6) is 1.03. The van der Waals surface area contributed by atoms with E-state index in [1.165, 1.54) is 5.56 Å². The van der Waals surface area contributed by atoms with Crippen LogP contribution in [0.15, 0.2) is 57.0 Å². The highest BCUT2D eigenvalue weighted by atomic mass is 32.2. The van der Waals surface area contributed by atoms with Crippen molar-refractivity contribution >= 4 is 27.3 Å². The third kappa shape index (κ3) is 6.15. The second-order valence-corrected chi connectivity index (χ2v) is 8.10. The van der Waals surface area contributed by atoms with Gasteiger partial charge >= 0.3 is 0 Å². The van der Waals surface area contributed by atoms with Gasteiger partial charge in [-0.2, -0.15) is 11.3 Å². The quantitative estimate of drug-likeness (QED) is 0.372. The van der Waals surface area contributed by atoms with Crippen LogP contribution in [0, 0.1) is 0 Å². The predicted molar refractivity (Wildman–Crippen MR) is 104 cm³/mol. The first kappa shape index (κ1) is 19.4. The number of sulfonamides is 1. The van der Waals surface area contributed by atoms with Crippen molar-refractivity contribution in [2.75, 3.05) is 26.7 Å². The summed E-state index contributed by atoms with van der Waals surface area (Å²) >= 11 is 1.69. The molecule has 0 aliphatic heterocycles. The summed E-state index contributed by atoms with van der Waals surface area (Å²) in [5, 5.41) is 10.6. The Labute approximate surface area is 153 Å². The smallest absolute Gasteiger partial charge is 0.240 e. The highest BCUT2D eigenvalue weighted by Crippen LogP contribution is 2.16. The molecule has 2 aromatic rings. The Morgan fingerprint density at radius 2 is 1.92 bits per heavy atom. The summed E-state index contributed by atoms with van der Waals surface area (Å²) in [7, 11) is -1.78. The maximum Gasteiger partial charge on any atom is 0.240 e.